The van der Waals surface area contributed by atoms with Crippen LogP contribution in [0.5, 0.6) is 0 Å². The van der Waals surface area contributed by atoms with Crippen molar-refractivity contribution in [3.63, 3.8) is 0 Å². The van der Waals surface area contributed by atoms with E-state index >= 15 is 0 Å². The van der Waals surface area contributed by atoms with Gasteiger partial charge >= 0.3 is 0 Å². The Labute approximate surface area is 80.4 Å². The highest BCUT2D eigenvalue weighted by Gasteiger charge is 2.13. The van der Waals surface area contributed by atoms with Crippen molar-refractivity contribution in [3.8, 4) is 0 Å². The normalized spacial score (nSPS) is 11.2. The molecule has 0 heterocycles. The molecular weight excluding hydrogens is 208 g/mol. The monoisotopic (exact) mass is 216 g/mol. The molecule has 0 atom stereocenters. The topological polar surface area (TPSA) is 103 Å². The van der Waals surface area contributed by atoms with Gasteiger partial charge in [0.05, 0.1) is 9.82 Å². The van der Waals surface area contributed by atoms with Crippen LogP contribution in [0.25, 0.3) is 0 Å². The van der Waals surface area contributed by atoms with E-state index in [1.165, 1.54) is 12.1 Å². The quantitative estimate of drug-likeness (QED) is 0.577. The van der Waals surface area contributed by atoms with E-state index in [0.717, 1.165) is 12.1 Å². The summed E-state index contributed by atoms with van der Waals surface area (Å²) in [6, 6.07) is 4.59. The molecule has 0 unspecified atom stereocenters. The number of benzene rings is 1. The lowest BCUT2D eigenvalue weighted by atomic mass is 10.3. The van der Waals surface area contributed by atoms with Gasteiger partial charge in [0.2, 0.25) is 0 Å². The van der Waals surface area contributed by atoms with Gasteiger partial charge < -0.3 is 5.73 Å². The van der Waals surface area contributed by atoms with Crippen molar-refractivity contribution < 1.29 is 13.3 Å². The maximum Gasteiger partial charge on any atom is 0.269 e. The minimum absolute atomic E-state index is 0.00870. The van der Waals surface area contributed by atoms with Crippen LogP contribution in [0.15, 0.2) is 29.2 Å². The zero-order chi connectivity index (χ0) is 10.8. The van der Waals surface area contributed by atoms with E-state index in [2.05, 4.69) is 0 Å². The van der Waals surface area contributed by atoms with Crippen LogP contribution >= 0.6 is 0 Å². The smallest absolute Gasteiger partial charge is 0.269 e. The van der Waals surface area contributed by atoms with Gasteiger partial charge in [0.25, 0.3) is 5.69 Å². The van der Waals surface area contributed by atoms with Gasteiger partial charge in [-0.1, -0.05) is 0 Å². The molecule has 0 aliphatic carbocycles. The van der Waals surface area contributed by atoms with Crippen molar-refractivity contribution in [2.75, 3.05) is 5.88 Å². The number of nitro benzene ring substituents is 1. The van der Waals surface area contributed by atoms with Crippen LogP contribution in [0.3, 0.4) is 0 Å². The minimum atomic E-state index is -3.49. The summed E-state index contributed by atoms with van der Waals surface area (Å²) in [5.74, 6) is -0.509. The van der Waals surface area contributed by atoms with Crippen LogP contribution in [0.4, 0.5) is 5.69 Å². The number of nitrogens with two attached hydrogens (primary N) is 1. The molecule has 0 bridgehead atoms. The van der Waals surface area contributed by atoms with Gasteiger partial charge in [-0.2, -0.15) is 0 Å². The fourth-order valence-electron chi connectivity index (χ4n) is 0.871. The average Bonchev–Trinajstić information content (AvgIpc) is 2.18. The second-order valence-corrected chi connectivity index (χ2v) is 4.57. The molecule has 0 saturated carbocycles. The standard InChI is InChI=1S/C7H8N2O4S/c8-5-14(12,13)7-3-1-6(2-4-7)9(10)11/h1-4H,5,8H2. The number of nitrogens with zero attached hydrogens (tertiary/aromatic N) is 1. The molecule has 1 rings (SSSR count). The van der Waals surface area contributed by atoms with Crippen molar-refractivity contribution in [1.82, 2.24) is 0 Å². The Bertz CT molecular complexity index is 437. The van der Waals surface area contributed by atoms with Gasteiger partial charge in [-0.25, -0.2) is 8.42 Å². The summed E-state index contributed by atoms with van der Waals surface area (Å²) >= 11 is 0. The summed E-state index contributed by atoms with van der Waals surface area (Å²) < 4.78 is 22.4. The zero-order valence-electron chi connectivity index (χ0n) is 7.08. The summed E-state index contributed by atoms with van der Waals surface area (Å²) in [7, 11) is -3.49. The van der Waals surface area contributed by atoms with Gasteiger partial charge in [0, 0.05) is 12.1 Å². The van der Waals surface area contributed by atoms with Gasteiger partial charge in [-0.05, 0) is 12.1 Å². The van der Waals surface area contributed by atoms with Gasteiger partial charge in [-0.15, -0.1) is 0 Å². The third-order valence-electron chi connectivity index (χ3n) is 1.63. The van der Waals surface area contributed by atoms with Crippen LogP contribution in [-0.2, 0) is 9.84 Å². The number of nitro groups is 1. The van der Waals surface area contributed by atoms with Crippen LogP contribution < -0.4 is 5.73 Å². The highest BCUT2D eigenvalue weighted by Crippen LogP contribution is 2.15. The summed E-state index contributed by atoms with van der Waals surface area (Å²) in [5.41, 5.74) is 4.86. The van der Waals surface area contributed by atoms with E-state index in [0.29, 0.717) is 0 Å². The number of sulfone groups is 1. The van der Waals surface area contributed by atoms with Crippen molar-refractivity contribution in [1.29, 1.82) is 0 Å². The van der Waals surface area contributed by atoms with E-state index in [4.69, 9.17) is 5.73 Å². The van der Waals surface area contributed by atoms with Crippen LogP contribution in [0.1, 0.15) is 0 Å². The predicted octanol–water partition coefficient (Wildman–Crippen LogP) is 0.285. The highest BCUT2D eigenvalue weighted by atomic mass is 32.2. The fourth-order valence-corrected chi connectivity index (χ4v) is 1.61. The first kappa shape index (κ1) is 10.6. The van der Waals surface area contributed by atoms with Crippen molar-refractivity contribution in [3.05, 3.63) is 34.4 Å². The highest BCUT2D eigenvalue weighted by molar-refractivity contribution is 7.91. The fraction of sp³-hybridized carbons (Fsp3) is 0.143. The van der Waals surface area contributed by atoms with Crippen molar-refractivity contribution >= 4 is 15.5 Å². The molecule has 0 aromatic heterocycles. The molecule has 14 heavy (non-hydrogen) atoms. The SMILES string of the molecule is NCS(=O)(=O)c1ccc([N+](=O)[O-])cc1. The molecule has 0 aliphatic heterocycles. The van der Waals surface area contributed by atoms with E-state index < -0.39 is 20.6 Å². The number of non-ortho nitro benzene ring substituents is 1. The Morgan fingerprint density at radius 1 is 1.29 bits per heavy atom. The van der Waals surface area contributed by atoms with Crippen molar-refractivity contribution in [2.24, 2.45) is 5.73 Å². The Balaban J connectivity index is 3.12. The van der Waals surface area contributed by atoms with Crippen LogP contribution in [0.2, 0.25) is 0 Å². The van der Waals surface area contributed by atoms with Gasteiger partial charge in [0.15, 0.2) is 9.84 Å². The lowest BCUT2D eigenvalue weighted by Crippen LogP contribution is -2.14. The summed E-state index contributed by atoms with van der Waals surface area (Å²) in [6.45, 7) is 0. The molecule has 0 aliphatic rings. The Morgan fingerprint density at radius 3 is 2.14 bits per heavy atom. The van der Waals surface area contributed by atoms with Crippen LogP contribution in [-0.4, -0.2) is 19.2 Å². The van der Waals surface area contributed by atoms with Crippen molar-refractivity contribution in [2.45, 2.75) is 4.90 Å². The maximum atomic E-state index is 11.2. The Kier molecular flexibility index (Phi) is 2.82. The summed E-state index contributed by atoms with van der Waals surface area (Å²) in [5, 5.41) is 10.3. The summed E-state index contributed by atoms with van der Waals surface area (Å²) in [4.78, 5) is 9.66. The molecule has 7 heteroatoms. The van der Waals surface area contributed by atoms with E-state index in [9.17, 15) is 18.5 Å². The van der Waals surface area contributed by atoms with E-state index in [1.54, 1.807) is 0 Å². The molecule has 0 radical (unpaired) electrons. The molecular formula is C7H8N2O4S. The number of hydrogen-bond donors (Lipinski definition) is 1. The molecule has 0 spiro atoms. The molecule has 6 nitrogen and oxygen atoms in total. The van der Waals surface area contributed by atoms with E-state index in [-0.39, 0.29) is 10.6 Å². The van der Waals surface area contributed by atoms with Gasteiger partial charge in [-0.3, -0.25) is 10.1 Å². The first-order chi connectivity index (χ1) is 6.47. The molecule has 1 aromatic rings. The minimum Gasteiger partial charge on any atom is -0.317 e. The molecule has 0 fully saturated rings. The molecule has 0 saturated heterocycles. The van der Waals surface area contributed by atoms with E-state index in [1.807, 2.05) is 0 Å². The predicted molar refractivity (Wildman–Crippen MR) is 49.3 cm³/mol. The van der Waals surface area contributed by atoms with Gasteiger partial charge in [0.1, 0.15) is 5.88 Å². The third-order valence-corrected chi connectivity index (χ3v) is 3.06. The van der Waals surface area contributed by atoms with Crippen LogP contribution in [0, 0.1) is 10.1 Å². The molecule has 2 N–H and O–H groups in total. The largest absolute Gasteiger partial charge is 0.317 e. The number of hydrogen-bond acceptors (Lipinski definition) is 5. The molecule has 76 valence electrons. The first-order valence-corrected chi connectivity index (χ1v) is 5.30. The second-order valence-electron chi connectivity index (χ2n) is 2.53. The zero-order valence-corrected chi connectivity index (χ0v) is 7.90. The second kappa shape index (κ2) is 3.72. The molecule has 0 amide bonds. The lowest BCUT2D eigenvalue weighted by molar-refractivity contribution is -0.384. The first-order valence-electron chi connectivity index (χ1n) is 3.64. The summed E-state index contributed by atoms with van der Waals surface area (Å²) in [6.07, 6.45) is 0. The lowest BCUT2D eigenvalue weighted by Gasteiger charge is -1.99. The Hall–Kier alpha value is -1.47. The average molecular weight is 216 g/mol. The number of rotatable bonds is 3. The third kappa shape index (κ3) is 2.06. The maximum absolute atomic E-state index is 11.2. The Morgan fingerprint density at radius 2 is 1.79 bits per heavy atom. The molecule has 1 aromatic carbocycles.